The molecule has 0 fully saturated rings. The number of nitrogens with zero attached hydrogens (tertiary/aromatic N) is 1. The molecular formula is C12H11N3O. The van der Waals surface area contributed by atoms with Crippen molar-refractivity contribution in [2.24, 2.45) is 5.73 Å². The molecule has 4 heteroatoms. The average Bonchev–Trinajstić information content (AvgIpc) is 2.30. The molecule has 4 N–H and O–H groups in total. The van der Waals surface area contributed by atoms with Crippen molar-refractivity contribution < 1.29 is 4.79 Å². The van der Waals surface area contributed by atoms with Gasteiger partial charge in [-0.1, -0.05) is 18.2 Å². The fourth-order valence-electron chi connectivity index (χ4n) is 1.51. The molecule has 0 spiro atoms. The lowest BCUT2D eigenvalue weighted by Gasteiger charge is -2.06. The molecule has 0 aliphatic rings. The molecule has 1 amide bonds. The number of pyridine rings is 1. The first-order chi connectivity index (χ1) is 7.68. The zero-order valence-electron chi connectivity index (χ0n) is 8.55. The summed E-state index contributed by atoms with van der Waals surface area (Å²) in [6.07, 6.45) is 1.62. The van der Waals surface area contributed by atoms with Gasteiger partial charge in [0.25, 0.3) is 0 Å². The Bertz CT molecular complexity index is 520. The maximum atomic E-state index is 11.2. The molecule has 2 rings (SSSR count). The molecule has 0 aliphatic heterocycles. The Balaban J connectivity index is 2.55. The van der Waals surface area contributed by atoms with Gasteiger partial charge in [0, 0.05) is 17.3 Å². The largest absolute Gasteiger partial charge is 0.384 e. The van der Waals surface area contributed by atoms with Gasteiger partial charge in [0.05, 0.1) is 0 Å². The van der Waals surface area contributed by atoms with Gasteiger partial charge in [-0.05, 0) is 23.8 Å². The number of hydrogen-bond donors (Lipinski definition) is 2. The van der Waals surface area contributed by atoms with Crippen LogP contribution in [0.2, 0.25) is 0 Å². The Morgan fingerprint density at radius 1 is 1.12 bits per heavy atom. The van der Waals surface area contributed by atoms with E-state index in [1.54, 1.807) is 24.4 Å². The fraction of sp³-hybridized carbons (Fsp3) is 0. The number of benzene rings is 1. The highest BCUT2D eigenvalue weighted by molar-refractivity contribution is 5.99. The predicted molar refractivity (Wildman–Crippen MR) is 62.6 cm³/mol. The van der Waals surface area contributed by atoms with E-state index >= 15 is 0 Å². The average molecular weight is 213 g/mol. The zero-order chi connectivity index (χ0) is 11.5. The van der Waals surface area contributed by atoms with E-state index in [-0.39, 0.29) is 0 Å². The second kappa shape index (κ2) is 4.02. The molecule has 1 aromatic heterocycles. The Kier molecular flexibility index (Phi) is 2.55. The van der Waals surface area contributed by atoms with E-state index in [2.05, 4.69) is 4.98 Å². The summed E-state index contributed by atoms with van der Waals surface area (Å²) >= 11 is 0. The molecule has 0 radical (unpaired) electrons. The minimum Gasteiger partial charge on any atom is -0.384 e. The van der Waals surface area contributed by atoms with Crippen molar-refractivity contribution >= 4 is 11.7 Å². The van der Waals surface area contributed by atoms with E-state index in [0.29, 0.717) is 11.4 Å². The Labute approximate surface area is 92.9 Å². The number of carbonyl (C=O) groups is 1. The van der Waals surface area contributed by atoms with Crippen molar-refractivity contribution in [1.29, 1.82) is 0 Å². The first kappa shape index (κ1) is 10.2. The van der Waals surface area contributed by atoms with Crippen LogP contribution in [0, 0.1) is 0 Å². The minimum absolute atomic E-state index is 0.445. The van der Waals surface area contributed by atoms with Crippen LogP contribution in [-0.4, -0.2) is 10.9 Å². The number of anilines is 1. The van der Waals surface area contributed by atoms with Gasteiger partial charge in [0.2, 0.25) is 5.91 Å². The number of hydrogen-bond acceptors (Lipinski definition) is 3. The molecule has 80 valence electrons. The van der Waals surface area contributed by atoms with Crippen LogP contribution in [0.5, 0.6) is 0 Å². The summed E-state index contributed by atoms with van der Waals surface area (Å²) in [7, 11) is 0. The predicted octanol–water partition coefficient (Wildman–Crippen LogP) is 1.43. The van der Waals surface area contributed by atoms with Crippen molar-refractivity contribution in [3.63, 3.8) is 0 Å². The summed E-state index contributed by atoms with van der Waals surface area (Å²) in [5.41, 5.74) is 12.9. The molecule has 0 saturated carbocycles. The van der Waals surface area contributed by atoms with Gasteiger partial charge >= 0.3 is 0 Å². The number of primary amides is 1. The molecule has 16 heavy (non-hydrogen) atoms. The van der Waals surface area contributed by atoms with Crippen LogP contribution in [0.1, 0.15) is 10.4 Å². The van der Waals surface area contributed by atoms with Gasteiger partial charge in [-0.15, -0.1) is 0 Å². The third-order valence-corrected chi connectivity index (χ3v) is 2.29. The second-order valence-electron chi connectivity index (χ2n) is 3.38. The summed E-state index contributed by atoms with van der Waals surface area (Å²) in [5, 5.41) is 0. The Morgan fingerprint density at radius 2 is 1.88 bits per heavy atom. The quantitative estimate of drug-likeness (QED) is 0.791. The van der Waals surface area contributed by atoms with Crippen LogP contribution in [0.15, 0.2) is 42.6 Å². The van der Waals surface area contributed by atoms with E-state index < -0.39 is 5.91 Å². The molecule has 4 nitrogen and oxygen atoms in total. The summed E-state index contributed by atoms with van der Waals surface area (Å²) < 4.78 is 0. The zero-order valence-corrected chi connectivity index (χ0v) is 8.55. The van der Waals surface area contributed by atoms with E-state index in [9.17, 15) is 4.79 Å². The highest BCUT2D eigenvalue weighted by Crippen LogP contribution is 2.22. The molecule has 1 heterocycles. The Morgan fingerprint density at radius 3 is 2.50 bits per heavy atom. The lowest BCUT2D eigenvalue weighted by molar-refractivity contribution is 0.100. The summed E-state index contributed by atoms with van der Waals surface area (Å²) in [5.74, 6) is -0.00673. The van der Waals surface area contributed by atoms with Crippen LogP contribution in [0.3, 0.4) is 0 Å². The van der Waals surface area contributed by atoms with Crippen molar-refractivity contribution in [1.82, 2.24) is 4.98 Å². The highest BCUT2D eigenvalue weighted by Gasteiger charge is 2.08. The van der Waals surface area contributed by atoms with Gasteiger partial charge < -0.3 is 11.5 Å². The van der Waals surface area contributed by atoms with Crippen molar-refractivity contribution in [3.05, 3.63) is 48.2 Å². The van der Waals surface area contributed by atoms with Crippen molar-refractivity contribution in [3.8, 4) is 11.1 Å². The minimum atomic E-state index is -0.451. The SMILES string of the molecule is NC(=O)c1ccccc1-c1ccc(N)nc1. The standard InChI is InChI=1S/C12H11N3O/c13-11-6-5-8(7-15-11)9-3-1-2-4-10(9)12(14)16/h1-7H,(H2,13,15)(H2,14,16). The topological polar surface area (TPSA) is 82.0 Å². The smallest absolute Gasteiger partial charge is 0.249 e. The number of rotatable bonds is 2. The molecule has 0 bridgehead atoms. The monoisotopic (exact) mass is 213 g/mol. The van der Waals surface area contributed by atoms with Gasteiger partial charge in [-0.2, -0.15) is 0 Å². The first-order valence-electron chi connectivity index (χ1n) is 4.79. The molecule has 0 unspecified atom stereocenters. The van der Waals surface area contributed by atoms with Crippen LogP contribution < -0.4 is 11.5 Å². The lowest BCUT2D eigenvalue weighted by Crippen LogP contribution is -2.12. The fourth-order valence-corrected chi connectivity index (χ4v) is 1.51. The highest BCUT2D eigenvalue weighted by atomic mass is 16.1. The first-order valence-corrected chi connectivity index (χ1v) is 4.79. The van der Waals surface area contributed by atoms with Crippen molar-refractivity contribution in [2.75, 3.05) is 5.73 Å². The van der Waals surface area contributed by atoms with Gasteiger partial charge in [0.15, 0.2) is 0 Å². The maximum Gasteiger partial charge on any atom is 0.249 e. The second-order valence-corrected chi connectivity index (χ2v) is 3.38. The molecule has 2 aromatic rings. The third-order valence-electron chi connectivity index (χ3n) is 2.29. The number of carbonyl (C=O) groups excluding carboxylic acids is 1. The van der Waals surface area contributed by atoms with Gasteiger partial charge in [-0.25, -0.2) is 4.98 Å². The molecule has 0 aliphatic carbocycles. The van der Waals surface area contributed by atoms with Crippen LogP contribution in [-0.2, 0) is 0 Å². The van der Waals surface area contributed by atoms with Crippen LogP contribution in [0.4, 0.5) is 5.82 Å². The molecule has 1 aromatic carbocycles. The third kappa shape index (κ3) is 1.86. The number of aromatic nitrogens is 1. The summed E-state index contributed by atoms with van der Waals surface area (Å²) in [6.45, 7) is 0. The maximum absolute atomic E-state index is 11.2. The molecule has 0 saturated heterocycles. The summed E-state index contributed by atoms with van der Waals surface area (Å²) in [4.78, 5) is 15.2. The number of nitrogens with two attached hydrogens (primary N) is 2. The van der Waals surface area contributed by atoms with Crippen molar-refractivity contribution in [2.45, 2.75) is 0 Å². The van der Waals surface area contributed by atoms with Gasteiger partial charge in [0.1, 0.15) is 5.82 Å². The van der Waals surface area contributed by atoms with Gasteiger partial charge in [-0.3, -0.25) is 4.79 Å². The van der Waals surface area contributed by atoms with E-state index in [0.717, 1.165) is 11.1 Å². The van der Waals surface area contributed by atoms with Crippen LogP contribution >= 0.6 is 0 Å². The number of nitrogen functional groups attached to an aromatic ring is 1. The van der Waals surface area contributed by atoms with E-state index in [1.807, 2.05) is 18.2 Å². The number of amides is 1. The molecular weight excluding hydrogens is 202 g/mol. The summed E-state index contributed by atoms with van der Waals surface area (Å²) in [6, 6.07) is 10.6. The Hall–Kier alpha value is -2.36. The normalized spacial score (nSPS) is 10.0. The van der Waals surface area contributed by atoms with E-state index in [4.69, 9.17) is 11.5 Å². The van der Waals surface area contributed by atoms with E-state index in [1.165, 1.54) is 0 Å². The lowest BCUT2D eigenvalue weighted by atomic mass is 10.0. The van der Waals surface area contributed by atoms with Crippen LogP contribution in [0.25, 0.3) is 11.1 Å². The molecule has 0 atom stereocenters.